The van der Waals surface area contributed by atoms with Gasteiger partial charge in [0.1, 0.15) is 0 Å². The Hall–Kier alpha value is -1.83. The van der Waals surface area contributed by atoms with Crippen molar-refractivity contribution >= 4 is 5.97 Å². The first-order valence-electron chi connectivity index (χ1n) is 6.28. The van der Waals surface area contributed by atoms with Gasteiger partial charge in [0.05, 0.1) is 0 Å². The fraction of sp³-hybridized carbons (Fsp3) is 0.312. The Balaban J connectivity index is 2.24. The number of carbonyl (C=O) groups is 1. The summed E-state index contributed by atoms with van der Waals surface area (Å²) in [6.07, 6.45) is 7.27. The highest BCUT2D eigenvalue weighted by molar-refractivity contribution is 5.79. The quantitative estimate of drug-likeness (QED) is 0.647. The van der Waals surface area contributed by atoms with Crippen molar-refractivity contribution in [1.29, 1.82) is 0 Å². The highest BCUT2D eigenvalue weighted by Crippen LogP contribution is 2.38. The zero-order valence-corrected chi connectivity index (χ0v) is 10.5. The minimum absolute atomic E-state index is 0.284. The Morgan fingerprint density at radius 3 is 2.72 bits per heavy atom. The fourth-order valence-electron chi connectivity index (χ4n) is 2.57. The molecule has 18 heavy (non-hydrogen) atoms. The van der Waals surface area contributed by atoms with Gasteiger partial charge in [-0.15, -0.1) is 0 Å². The highest BCUT2D eigenvalue weighted by atomic mass is 16.4. The highest BCUT2D eigenvalue weighted by Gasteiger charge is 2.24. The van der Waals surface area contributed by atoms with E-state index >= 15 is 0 Å². The van der Waals surface area contributed by atoms with Gasteiger partial charge in [0.15, 0.2) is 0 Å². The summed E-state index contributed by atoms with van der Waals surface area (Å²) in [5.41, 5.74) is 2.69. The fourth-order valence-corrected chi connectivity index (χ4v) is 2.57. The number of carboxylic acids is 1. The molecule has 0 saturated carbocycles. The van der Waals surface area contributed by atoms with Crippen molar-refractivity contribution in [3.05, 3.63) is 59.7 Å². The van der Waals surface area contributed by atoms with Crippen molar-refractivity contribution in [2.24, 2.45) is 5.92 Å². The Bertz CT molecular complexity index is 471. The van der Waals surface area contributed by atoms with Gasteiger partial charge in [0.2, 0.25) is 0 Å². The van der Waals surface area contributed by atoms with E-state index in [1.807, 2.05) is 24.3 Å². The second kappa shape index (κ2) is 5.67. The molecule has 0 heterocycles. The molecule has 1 N–H and O–H groups in total. The van der Waals surface area contributed by atoms with Gasteiger partial charge in [-0.05, 0) is 37.2 Å². The van der Waals surface area contributed by atoms with Gasteiger partial charge in [0, 0.05) is 6.08 Å². The molecule has 1 aromatic rings. The lowest BCUT2D eigenvalue weighted by atomic mass is 9.76. The van der Waals surface area contributed by atoms with E-state index in [2.05, 4.69) is 25.1 Å². The minimum atomic E-state index is -0.868. The van der Waals surface area contributed by atoms with Gasteiger partial charge in [0.25, 0.3) is 0 Å². The van der Waals surface area contributed by atoms with Crippen LogP contribution in [0.1, 0.15) is 31.2 Å². The van der Waals surface area contributed by atoms with E-state index in [9.17, 15) is 4.79 Å². The predicted molar refractivity (Wildman–Crippen MR) is 72.4 cm³/mol. The van der Waals surface area contributed by atoms with Crippen LogP contribution in [0.5, 0.6) is 0 Å². The number of rotatable bonds is 3. The van der Waals surface area contributed by atoms with Crippen LogP contribution in [-0.2, 0) is 4.79 Å². The van der Waals surface area contributed by atoms with E-state index in [0.29, 0.717) is 5.92 Å². The van der Waals surface area contributed by atoms with Gasteiger partial charge in [-0.1, -0.05) is 48.1 Å². The molecule has 0 aromatic heterocycles. The van der Waals surface area contributed by atoms with Gasteiger partial charge in [-0.3, -0.25) is 0 Å². The summed E-state index contributed by atoms with van der Waals surface area (Å²) in [7, 11) is 0. The smallest absolute Gasteiger partial charge is 0.327 e. The third-order valence-electron chi connectivity index (χ3n) is 3.51. The van der Waals surface area contributed by atoms with Crippen LogP contribution >= 0.6 is 0 Å². The lowest BCUT2D eigenvalue weighted by Crippen LogP contribution is -2.15. The Kier molecular flexibility index (Phi) is 3.98. The summed E-state index contributed by atoms with van der Waals surface area (Å²) in [4.78, 5) is 10.6. The number of carboxylic acid groups (broad SMARTS) is 1. The molecule has 0 fully saturated rings. The topological polar surface area (TPSA) is 37.3 Å². The summed E-state index contributed by atoms with van der Waals surface area (Å²) in [6.45, 7) is 2.15. The number of aliphatic carboxylic acids is 1. The van der Waals surface area contributed by atoms with Crippen LogP contribution in [0.15, 0.2) is 54.1 Å². The van der Waals surface area contributed by atoms with Crippen LogP contribution < -0.4 is 0 Å². The molecule has 0 bridgehead atoms. The SMILES string of the molecule is CC1=CCC(/C=C/C(=O)O)C(c2ccccc2)C1. The molecule has 1 aliphatic rings. The van der Waals surface area contributed by atoms with E-state index in [-0.39, 0.29) is 5.92 Å². The van der Waals surface area contributed by atoms with Crippen molar-refractivity contribution in [1.82, 2.24) is 0 Å². The summed E-state index contributed by atoms with van der Waals surface area (Å²) < 4.78 is 0. The van der Waals surface area contributed by atoms with Gasteiger partial charge in [-0.2, -0.15) is 0 Å². The third-order valence-corrected chi connectivity index (χ3v) is 3.51. The number of hydrogen-bond donors (Lipinski definition) is 1. The molecule has 2 rings (SSSR count). The van der Waals surface area contributed by atoms with Crippen LogP contribution in [0.4, 0.5) is 0 Å². The van der Waals surface area contributed by atoms with Crippen LogP contribution in [0.25, 0.3) is 0 Å². The minimum Gasteiger partial charge on any atom is -0.478 e. The first kappa shape index (κ1) is 12.6. The standard InChI is InChI=1S/C16H18O2/c1-12-7-8-14(9-10-16(17)18)15(11-12)13-5-3-2-4-6-13/h2-7,9-10,14-15H,8,11H2,1H3,(H,17,18)/b10-9+. The molecule has 2 heteroatoms. The zero-order valence-electron chi connectivity index (χ0n) is 10.5. The average Bonchev–Trinajstić information content (AvgIpc) is 2.38. The van der Waals surface area contributed by atoms with E-state index in [1.54, 1.807) is 0 Å². The first-order valence-corrected chi connectivity index (χ1v) is 6.28. The normalized spacial score (nSPS) is 23.9. The molecule has 0 radical (unpaired) electrons. The second-order valence-corrected chi connectivity index (χ2v) is 4.87. The van der Waals surface area contributed by atoms with E-state index in [1.165, 1.54) is 17.2 Å². The van der Waals surface area contributed by atoms with Gasteiger partial charge in [-0.25, -0.2) is 4.79 Å². The lowest BCUT2D eigenvalue weighted by Gasteiger charge is -2.29. The van der Waals surface area contributed by atoms with Crippen molar-refractivity contribution in [2.45, 2.75) is 25.7 Å². The molecule has 2 nitrogen and oxygen atoms in total. The van der Waals surface area contributed by atoms with Crippen molar-refractivity contribution in [3.63, 3.8) is 0 Å². The Labute approximate surface area is 108 Å². The van der Waals surface area contributed by atoms with Gasteiger partial charge < -0.3 is 5.11 Å². The maximum absolute atomic E-state index is 10.6. The molecule has 1 aliphatic carbocycles. The Morgan fingerprint density at radius 1 is 1.33 bits per heavy atom. The van der Waals surface area contributed by atoms with Crippen molar-refractivity contribution in [3.8, 4) is 0 Å². The molecule has 0 saturated heterocycles. The van der Waals surface area contributed by atoms with Crippen LogP contribution in [0.2, 0.25) is 0 Å². The molecule has 0 amide bonds. The number of hydrogen-bond acceptors (Lipinski definition) is 1. The molecule has 94 valence electrons. The van der Waals surface area contributed by atoms with Gasteiger partial charge >= 0.3 is 5.97 Å². The monoisotopic (exact) mass is 242 g/mol. The largest absolute Gasteiger partial charge is 0.478 e. The lowest BCUT2D eigenvalue weighted by molar-refractivity contribution is -0.131. The first-order chi connectivity index (χ1) is 8.66. The zero-order chi connectivity index (χ0) is 13.0. The molecule has 0 spiro atoms. The molecule has 1 aromatic carbocycles. The molecular formula is C16H18O2. The molecule has 2 atom stereocenters. The van der Waals surface area contributed by atoms with Crippen LogP contribution in [-0.4, -0.2) is 11.1 Å². The number of benzene rings is 1. The van der Waals surface area contributed by atoms with Crippen molar-refractivity contribution < 1.29 is 9.90 Å². The number of allylic oxidation sites excluding steroid dienone is 3. The summed E-state index contributed by atoms with van der Waals surface area (Å²) in [5, 5.41) is 8.75. The maximum Gasteiger partial charge on any atom is 0.327 e. The van der Waals surface area contributed by atoms with E-state index in [4.69, 9.17) is 5.11 Å². The predicted octanol–water partition coefficient (Wildman–Crippen LogP) is 3.77. The molecular weight excluding hydrogens is 224 g/mol. The maximum atomic E-state index is 10.6. The molecule has 2 unspecified atom stereocenters. The van der Waals surface area contributed by atoms with E-state index < -0.39 is 5.97 Å². The molecule has 0 aliphatic heterocycles. The summed E-state index contributed by atoms with van der Waals surface area (Å²) in [6, 6.07) is 10.4. The van der Waals surface area contributed by atoms with Crippen LogP contribution in [0.3, 0.4) is 0 Å². The van der Waals surface area contributed by atoms with Crippen LogP contribution in [0, 0.1) is 5.92 Å². The summed E-state index contributed by atoms with van der Waals surface area (Å²) in [5.74, 6) is -0.188. The van der Waals surface area contributed by atoms with Crippen molar-refractivity contribution in [2.75, 3.05) is 0 Å². The third kappa shape index (κ3) is 3.10. The Morgan fingerprint density at radius 2 is 2.06 bits per heavy atom. The average molecular weight is 242 g/mol. The van der Waals surface area contributed by atoms with E-state index in [0.717, 1.165) is 12.8 Å². The second-order valence-electron chi connectivity index (χ2n) is 4.87. The summed E-state index contributed by atoms with van der Waals surface area (Å²) >= 11 is 0.